The van der Waals surface area contributed by atoms with Crippen molar-refractivity contribution in [3.63, 3.8) is 0 Å². The number of para-hydroxylation sites is 1. The van der Waals surface area contributed by atoms with E-state index >= 15 is 0 Å². The molecule has 1 fully saturated rings. The van der Waals surface area contributed by atoms with Gasteiger partial charge in [-0.05, 0) is 55.1 Å². The smallest absolute Gasteiger partial charge is 0.233 e. The van der Waals surface area contributed by atoms with Gasteiger partial charge in [-0.3, -0.25) is 0 Å². The van der Waals surface area contributed by atoms with Crippen molar-refractivity contribution in [2.24, 2.45) is 0 Å². The van der Waals surface area contributed by atoms with E-state index in [4.69, 9.17) is 16.6 Å². The van der Waals surface area contributed by atoms with Crippen LogP contribution < -0.4 is 10.2 Å². The molecule has 0 aliphatic carbocycles. The summed E-state index contributed by atoms with van der Waals surface area (Å²) in [6.45, 7) is 1.90. The first-order valence-corrected chi connectivity index (χ1v) is 10.8. The second kappa shape index (κ2) is 7.93. The highest BCUT2D eigenvalue weighted by molar-refractivity contribution is 7.21. The van der Waals surface area contributed by atoms with Crippen LogP contribution in [0.1, 0.15) is 19.3 Å². The van der Waals surface area contributed by atoms with Gasteiger partial charge in [0.15, 0.2) is 0 Å². The maximum absolute atomic E-state index is 6.17. The minimum Gasteiger partial charge on any atom is -0.341 e. The second-order valence-corrected chi connectivity index (χ2v) is 8.34. The third-order valence-electron chi connectivity index (χ3n) is 4.89. The van der Waals surface area contributed by atoms with Gasteiger partial charge >= 0.3 is 0 Å². The van der Waals surface area contributed by atoms with E-state index in [0.29, 0.717) is 11.9 Å². The van der Waals surface area contributed by atoms with Crippen LogP contribution in [0, 0.1) is 0 Å². The normalized spacial score (nSPS) is 14.3. The summed E-state index contributed by atoms with van der Waals surface area (Å²) in [7, 11) is 0. The number of hydrogen-bond donors (Lipinski definition) is 1. The fraction of sp³-hybridized carbons (Fsp3) is 0.238. The molecule has 2 aromatic carbocycles. The molecular formula is C21H19ClN6S. The fourth-order valence-electron chi connectivity index (χ4n) is 3.49. The third kappa shape index (κ3) is 4.02. The summed E-state index contributed by atoms with van der Waals surface area (Å²) in [6.07, 6.45) is 3.55. The predicted octanol–water partition coefficient (Wildman–Crippen LogP) is 5.54. The molecule has 0 bridgehead atoms. The molecule has 1 aliphatic rings. The van der Waals surface area contributed by atoms with Gasteiger partial charge in [-0.2, -0.15) is 15.0 Å². The summed E-state index contributed by atoms with van der Waals surface area (Å²) in [5.41, 5.74) is 2.95. The summed E-state index contributed by atoms with van der Waals surface area (Å²) >= 11 is 7.85. The first kappa shape index (κ1) is 18.3. The molecule has 0 amide bonds. The van der Waals surface area contributed by atoms with Gasteiger partial charge in [-0.1, -0.05) is 24.3 Å². The van der Waals surface area contributed by atoms with Crippen molar-refractivity contribution in [1.29, 1.82) is 0 Å². The van der Waals surface area contributed by atoms with Crippen molar-refractivity contribution >= 4 is 50.7 Å². The number of aromatic nitrogens is 4. The molecule has 29 heavy (non-hydrogen) atoms. The Labute approximate surface area is 177 Å². The molecule has 1 N–H and O–H groups in total. The van der Waals surface area contributed by atoms with E-state index in [1.807, 2.05) is 30.3 Å². The Morgan fingerprint density at radius 2 is 1.76 bits per heavy atom. The number of rotatable bonds is 4. The monoisotopic (exact) mass is 422 g/mol. The van der Waals surface area contributed by atoms with Crippen LogP contribution >= 0.6 is 22.9 Å². The highest BCUT2D eigenvalue weighted by Crippen LogP contribution is 2.31. The van der Waals surface area contributed by atoms with Crippen molar-refractivity contribution in [1.82, 2.24) is 19.9 Å². The van der Waals surface area contributed by atoms with Gasteiger partial charge in [0.1, 0.15) is 5.01 Å². The van der Waals surface area contributed by atoms with Crippen LogP contribution in [0.3, 0.4) is 0 Å². The quantitative estimate of drug-likeness (QED) is 0.466. The van der Waals surface area contributed by atoms with Crippen molar-refractivity contribution < 1.29 is 0 Å². The van der Waals surface area contributed by atoms with Gasteiger partial charge in [0, 0.05) is 24.3 Å². The average Bonchev–Trinajstić information content (AvgIpc) is 3.19. The molecule has 0 atom stereocenters. The van der Waals surface area contributed by atoms with Gasteiger partial charge in [0.2, 0.25) is 17.2 Å². The minimum absolute atomic E-state index is 0.199. The first-order chi connectivity index (χ1) is 14.2. The fourth-order valence-corrected chi connectivity index (χ4v) is 4.60. The lowest BCUT2D eigenvalue weighted by Gasteiger charge is -2.26. The van der Waals surface area contributed by atoms with Gasteiger partial charge in [-0.25, -0.2) is 4.98 Å². The molecule has 4 aromatic rings. The van der Waals surface area contributed by atoms with Gasteiger partial charge in [0.05, 0.1) is 10.2 Å². The van der Waals surface area contributed by atoms with Crippen LogP contribution in [0.25, 0.3) is 20.8 Å². The molecule has 1 saturated heterocycles. The number of benzene rings is 2. The minimum atomic E-state index is 0.199. The Morgan fingerprint density at radius 3 is 2.62 bits per heavy atom. The maximum Gasteiger partial charge on any atom is 0.233 e. The number of nitrogens with zero attached hydrogens (tertiary/aromatic N) is 5. The second-order valence-electron chi connectivity index (χ2n) is 6.97. The van der Waals surface area contributed by atoms with E-state index in [1.165, 1.54) is 11.1 Å². The molecule has 0 radical (unpaired) electrons. The third-order valence-corrected chi connectivity index (χ3v) is 6.15. The summed E-state index contributed by atoms with van der Waals surface area (Å²) in [6, 6.07) is 16.3. The van der Waals surface area contributed by atoms with Crippen LogP contribution in [-0.2, 0) is 0 Å². The van der Waals surface area contributed by atoms with Crippen molar-refractivity contribution in [2.45, 2.75) is 19.3 Å². The molecule has 0 spiro atoms. The standard InChI is InChI=1S/C21H19ClN6S/c22-19-25-20(27-21(26-19)28-11-4-1-5-12-28)23-15-8-6-7-14(13-15)18-24-16-9-2-3-10-17(16)29-18/h2-3,6-10,13H,1,4-5,11-12H2,(H,23,25,26,27). The van der Waals surface area contributed by atoms with Crippen LogP contribution in [0.15, 0.2) is 48.5 Å². The summed E-state index contributed by atoms with van der Waals surface area (Å²) in [5, 5.41) is 4.45. The van der Waals surface area contributed by atoms with E-state index in [0.717, 1.165) is 47.7 Å². The summed E-state index contributed by atoms with van der Waals surface area (Å²) in [4.78, 5) is 20.1. The van der Waals surface area contributed by atoms with Crippen molar-refractivity contribution in [3.8, 4) is 10.6 Å². The van der Waals surface area contributed by atoms with Crippen LogP contribution in [0.2, 0.25) is 5.28 Å². The summed E-state index contributed by atoms with van der Waals surface area (Å²) < 4.78 is 1.18. The first-order valence-electron chi connectivity index (χ1n) is 9.64. The average molecular weight is 423 g/mol. The van der Waals surface area contributed by atoms with Gasteiger partial charge < -0.3 is 10.2 Å². The lowest BCUT2D eigenvalue weighted by molar-refractivity contribution is 0.567. The van der Waals surface area contributed by atoms with E-state index in [9.17, 15) is 0 Å². The number of fused-ring (bicyclic) bond motifs is 1. The van der Waals surface area contributed by atoms with Crippen molar-refractivity contribution in [2.75, 3.05) is 23.3 Å². The Morgan fingerprint density at radius 1 is 0.897 bits per heavy atom. The Kier molecular flexibility index (Phi) is 4.99. The lowest BCUT2D eigenvalue weighted by atomic mass is 10.1. The molecule has 5 rings (SSSR count). The molecule has 8 heteroatoms. The maximum atomic E-state index is 6.17. The highest BCUT2D eigenvalue weighted by atomic mass is 35.5. The molecule has 2 aromatic heterocycles. The Bertz CT molecular complexity index is 1120. The van der Waals surface area contributed by atoms with Crippen LogP contribution in [0.5, 0.6) is 0 Å². The molecule has 0 saturated carbocycles. The lowest BCUT2D eigenvalue weighted by Crippen LogP contribution is -2.31. The van der Waals surface area contributed by atoms with Crippen molar-refractivity contribution in [3.05, 3.63) is 53.8 Å². The number of anilines is 3. The highest BCUT2D eigenvalue weighted by Gasteiger charge is 2.16. The zero-order valence-corrected chi connectivity index (χ0v) is 17.2. The van der Waals surface area contributed by atoms with Gasteiger partial charge in [-0.15, -0.1) is 11.3 Å². The Hall–Kier alpha value is -2.77. The molecule has 6 nitrogen and oxygen atoms in total. The molecular weight excluding hydrogens is 404 g/mol. The Balaban J connectivity index is 1.42. The molecule has 146 valence electrons. The van der Waals surface area contributed by atoms with Crippen LogP contribution in [0.4, 0.5) is 17.6 Å². The zero-order chi connectivity index (χ0) is 19.6. The largest absolute Gasteiger partial charge is 0.341 e. The summed E-state index contributed by atoms with van der Waals surface area (Å²) in [5.74, 6) is 1.08. The number of nitrogens with one attached hydrogen (secondary N) is 1. The number of halogens is 1. The SMILES string of the molecule is Clc1nc(Nc2cccc(-c3nc4ccccc4s3)c2)nc(N2CCCCC2)n1. The molecule has 1 aliphatic heterocycles. The predicted molar refractivity (Wildman–Crippen MR) is 119 cm³/mol. The van der Waals surface area contributed by atoms with Crippen LogP contribution in [-0.4, -0.2) is 33.0 Å². The number of hydrogen-bond acceptors (Lipinski definition) is 7. The van der Waals surface area contributed by atoms with E-state index in [2.05, 4.69) is 43.4 Å². The van der Waals surface area contributed by atoms with E-state index < -0.39 is 0 Å². The number of thiazole rings is 1. The molecule has 3 heterocycles. The molecule has 0 unspecified atom stereocenters. The zero-order valence-electron chi connectivity index (χ0n) is 15.7. The number of piperidine rings is 1. The van der Waals surface area contributed by atoms with E-state index in [-0.39, 0.29) is 5.28 Å². The van der Waals surface area contributed by atoms with E-state index in [1.54, 1.807) is 11.3 Å². The topological polar surface area (TPSA) is 66.8 Å². The van der Waals surface area contributed by atoms with Gasteiger partial charge in [0.25, 0.3) is 0 Å².